The lowest BCUT2D eigenvalue weighted by Crippen LogP contribution is -2.53. The van der Waals surface area contributed by atoms with Crippen molar-refractivity contribution in [3.63, 3.8) is 0 Å². The van der Waals surface area contributed by atoms with Crippen LogP contribution in [0.2, 0.25) is 0 Å². The Morgan fingerprint density at radius 1 is 1.46 bits per heavy atom. The van der Waals surface area contributed by atoms with E-state index in [0.29, 0.717) is 5.56 Å². The van der Waals surface area contributed by atoms with Crippen molar-refractivity contribution in [3.8, 4) is 5.75 Å². The zero-order chi connectivity index (χ0) is 19.3. The number of esters is 1. The molecule has 1 aromatic carbocycles. The first-order valence-electron chi connectivity index (χ1n) is 7.65. The van der Waals surface area contributed by atoms with E-state index in [2.05, 4.69) is 10.0 Å². The second-order valence-electron chi connectivity index (χ2n) is 5.64. The van der Waals surface area contributed by atoms with Gasteiger partial charge in [-0.15, -0.1) is 0 Å². The monoisotopic (exact) mass is 496 g/mol. The van der Waals surface area contributed by atoms with E-state index < -0.39 is 35.0 Å². The normalized spacial score (nSPS) is 16.4. The molecule has 0 unspecified atom stereocenters. The van der Waals surface area contributed by atoms with Crippen molar-refractivity contribution in [2.24, 2.45) is 0 Å². The molecule has 0 saturated heterocycles. The van der Waals surface area contributed by atoms with Gasteiger partial charge in [-0.25, -0.2) is 17.9 Å². The smallest absolute Gasteiger partial charge is 0.534 e. The number of hydrogen-bond donors (Lipinski definition) is 3. The highest BCUT2D eigenvalue weighted by Gasteiger charge is 2.37. The first-order valence-corrected chi connectivity index (χ1v) is 11.1. The van der Waals surface area contributed by atoms with Gasteiger partial charge in [0.05, 0.1) is 12.2 Å². The number of carbonyl (C=O) groups is 2. The number of halogens is 1. The molecule has 9 nitrogen and oxygen atoms in total. The Hall–Kier alpha value is -1.38. The van der Waals surface area contributed by atoms with Crippen LogP contribution >= 0.6 is 22.6 Å². The summed E-state index contributed by atoms with van der Waals surface area (Å²) in [5, 5.41) is 12.8. The van der Waals surface area contributed by atoms with Gasteiger partial charge in [-0.1, -0.05) is 12.1 Å². The Morgan fingerprint density at radius 3 is 2.85 bits per heavy atom. The minimum absolute atomic E-state index is 0.0444. The standard InChI is InChI=1S/C14H18BIN2O7S/c1-26(22,23)17-6-5-12(19)18-11-7-9-3-2-4-10(14(20)24-8-16)13(9)25-15(11)21/h2-4,11,17,21H,5-8H2,1H3,(H,18,19)/t11-/m0/s1. The number of nitrogens with one attached hydrogen (secondary N) is 2. The van der Waals surface area contributed by atoms with Gasteiger partial charge >= 0.3 is 13.1 Å². The van der Waals surface area contributed by atoms with Gasteiger partial charge in [-0.05, 0) is 40.6 Å². The SMILES string of the molecule is CS(=O)(=O)NCCC(=O)N[C@H]1Cc2cccc(C(=O)OCI)c2OB1O. The first-order chi connectivity index (χ1) is 12.2. The fourth-order valence-electron chi connectivity index (χ4n) is 2.46. The molecule has 12 heteroatoms. The Morgan fingerprint density at radius 2 is 2.19 bits per heavy atom. The Balaban J connectivity index is 2.02. The predicted octanol–water partition coefficient (Wildman–Crippen LogP) is -0.385. The molecule has 3 N–H and O–H groups in total. The lowest BCUT2D eigenvalue weighted by molar-refractivity contribution is -0.121. The summed E-state index contributed by atoms with van der Waals surface area (Å²) in [6.07, 6.45) is 1.18. The van der Waals surface area contributed by atoms with Crippen LogP contribution in [0.25, 0.3) is 0 Å². The third kappa shape index (κ3) is 5.82. The average molecular weight is 496 g/mol. The van der Waals surface area contributed by atoms with Crippen LogP contribution in [0.3, 0.4) is 0 Å². The third-order valence-corrected chi connectivity index (χ3v) is 4.63. The molecule has 0 aliphatic carbocycles. The predicted molar refractivity (Wildman–Crippen MR) is 102 cm³/mol. The van der Waals surface area contributed by atoms with Crippen LogP contribution in [0.4, 0.5) is 0 Å². The van der Waals surface area contributed by atoms with Gasteiger partial charge in [-0.3, -0.25) is 4.79 Å². The van der Waals surface area contributed by atoms with Crippen molar-refractivity contribution in [1.29, 1.82) is 0 Å². The molecule has 0 fully saturated rings. The fraction of sp³-hybridized carbons (Fsp3) is 0.429. The highest BCUT2D eigenvalue weighted by molar-refractivity contribution is 14.1. The molecule has 0 spiro atoms. The molecular weight excluding hydrogens is 478 g/mol. The van der Waals surface area contributed by atoms with Gasteiger partial charge in [0, 0.05) is 13.0 Å². The number of alkyl halides is 1. The lowest BCUT2D eigenvalue weighted by Gasteiger charge is -2.29. The molecule has 26 heavy (non-hydrogen) atoms. The second-order valence-corrected chi connectivity index (χ2v) is 8.09. The molecule has 0 radical (unpaired) electrons. The number of amides is 1. The summed E-state index contributed by atoms with van der Waals surface area (Å²) in [5.41, 5.74) is 0.859. The zero-order valence-electron chi connectivity index (χ0n) is 13.9. The van der Waals surface area contributed by atoms with Crippen molar-refractivity contribution in [3.05, 3.63) is 29.3 Å². The quantitative estimate of drug-likeness (QED) is 0.203. The highest BCUT2D eigenvalue weighted by atomic mass is 127. The van der Waals surface area contributed by atoms with E-state index >= 15 is 0 Å². The van der Waals surface area contributed by atoms with Crippen molar-refractivity contribution in [2.75, 3.05) is 17.4 Å². The van der Waals surface area contributed by atoms with Gasteiger partial charge in [-0.2, -0.15) is 0 Å². The minimum Gasteiger partial charge on any atom is -0.534 e. The number of fused-ring (bicyclic) bond motifs is 1. The molecule has 2 rings (SSSR count). The maximum Gasteiger partial charge on any atom is 0.547 e. The number of carbonyl (C=O) groups excluding carboxylic acids is 2. The largest absolute Gasteiger partial charge is 0.547 e. The summed E-state index contributed by atoms with van der Waals surface area (Å²) >= 11 is 1.90. The van der Waals surface area contributed by atoms with Gasteiger partial charge in [0.25, 0.3) is 0 Å². The number of sulfonamides is 1. The topological polar surface area (TPSA) is 131 Å². The molecule has 1 atom stereocenters. The van der Waals surface area contributed by atoms with Gasteiger partial charge < -0.3 is 19.7 Å². The highest BCUT2D eigenvalue weighted by Crippen LogP contribution is 2.30. The number of hydrogen-bond acceptors (Lipinski definition) is 7. The van der Waals surface area contributed by atoms with Crippen LogP contribution in [0.15, 0.2) is 18.2 Å². The van der Waals surface area contributed by atoms with Crippen LogP contribution in [0.1, 0.15) is 22.3 Å². The van der Waals surface area contributed by atoms with Gasteiger partial charge in [0.15, 0.2) is 0 Å². The number of para-hydroxylation sites is 1. The molecule has 1 amide bonds. The van der Waals surface area contributed by atoms with Crippen LogP contribution in [0, 0.1) is 0 Å². The molecule has 1 aliphatic heterocycles. The molecule has 1 aliphatic rings. The zero-order valence-corrected chi connectivity index (χ0v) is 16.9. The molecule has 0 bridgehead atoms. The molecular formula is C14H18BIN2O7S. The van der Waals surface area contributed by atoms with Crippen LogP contribution in [0.5, 0.6) is 5.75 Å². The number of rotatable bonds is 7. The first kappa shape index (κ1) is 20.9. The van der Waals surface area contributed by atoms with Crippen LogP contribution in [-0.4, -0.2) is 55.8 Å². The minimum atomic E-state index is -3.37. The molecule has 0 aromatic heterocycles. The van der Waals surface area contributed by atoms with Crippen LogP contribution in [-0.2, 0) is 26.0 Å². The van der Waals surface area contributed by atoms with Crippen molar-refractivity contribution >= 4 is 51.6 Å². The van der Waals surface area contributed by atoms with Crippen molar-refractivity contribution < 1.29 is 32.4 Å². The van der Waals surface area contributed by atoms with E-state index in [-0.39, 0.29) is 35.3 Å². The Kier molecular flexibility index (Phi) is 7.26. The average Bonchev–Trinajstić information content (AvgIpc) is 2.54. The maximum absolute atomic E-state index is 12.0. The van der Waals surface area contributed by atoms with E-state index in [1.165, 1.54) is 6.07 Å². The summed E-state index contributed by atoms with van der Waals surface area (Å²) < 4.78 is 34.7. The maximum atomic E-state index is 12.0. The van der Waals surface area contributed by atoms with E-state index in [0.717, 1.165) is 6.26 Å². The van der Waals surface area contributed by atoms with Crippen molar-refractivity contribution in [2.45, 2.75) is 18.8 Å². The van der Waals surface area contributed by atoms with E-state index in [1.807, 2.05) is 22.6 Å². The van der Waals surface area contributed by atoms with E-state index in [4.69, 9.17) is 9.39 Å². The molecule has 142 valence electrons. The number of ether oxygens (including phenoxy) is 1. The summed E-state index contributed by atoms with van der Waals surface area (Å²) in [7, 11) is -4.71. The van der Waals surface area contributed by atoms with E-state index in [9.17, 15) is 23.0 Å². The van der Waals surface area contributed by atoms with Gasteiger partial charge in [0.1, 0.15) is 15.9 Å². The van der Waals surface area contributed by atoms with Gasteiger partial charge in [0.2, 0.25) is 15.9 Å². The van der Waals surface area contributed by atoms with E-state index in [1.54, 1.807) is 12.1 Å². The molecule has 1 aromatic rings. The van der Waals surface area contributed by atoms with Crippen LogP contribution < -0.4 is 14.7 Å². The second kappa shape index (κ2) is 9.02. The molecule has 0 saturated carbocycles. The third-order valence-electron chi connectivity index (χ3n) is 3.59. The summed E-state index contributed by atoms with van der Waals surface area (Å²) in [6, 6.07) is 4.93. The Bertz CT molecular complexity index is 790. The summed E-state index contributed by atoms with van der Waals surface area (Å²) in [6.45, 7) is -0.0444. The molecule has 1 heterocycles. The summed E-state index contributed by atoms with van der Waals surface area (Å²) in [5.74, 6) is -1.47. The lowest BCUT2D eigenvalue weighted by atomic mass is 9.72. The Labute approximate surface area is 165 Å². The number of benzene rings is 1. The summed E-state index contributed by atoms with van der Waals surface area (Å²) in [4.78, 5) is 23.9. The van der Waals surface area contributed by atoms with Crippen molar-refractivity contribution in [1.82, 2.24) is 10.0 Å². The fourth-order valence-corrected chi connectivity index (χ4v) is 3.22.